The first-order valence-corrected chi connectivity index (χ1v) is 8.44. The largest absolute Gasteiger partial charge is 0.313 e. The molecule has 0 bridgehead atoms. The molecule has 0 aliphatic heterocycles. The molecule has 0 spiro atoms. The lowest BCUT2D eigenvalue weighted by Gasteiger charge is -2.26. The summed E-state index contributed by atoms with van der Waals surface area (Å²) in [6.45, 7) is 4.65. The molecular formula is C14H21FN2O2S. The summed E-state index contributed by atoms with van der Waals surface area (Å²) >= 11 is 0. The van der Waals surface area contributed by atoms with Gasteiger partial charge in [0.2, 0.25) is 10.0 Å². The van der Waals surface area contributed by atoms with Crippen LogP contribution in [-0.4, -0.2) is 21.0 Å². The molecule has 0 aromatic heterocycles. The Morgan fingerprint density at radius 2 is 2.05 bits per heavy atom. The molecule has 2 N–H and O–H groups in total. The zero-order valence-corrected chi connectivity index (χ0v) is 12.7. The number of rotatable bonds is 6. The minimum Gasteiger partial charge on any atom is -0.313 e. The first-order valence-electron chi connectivity index (χ1n) is 6.96. The smallest absolute Gasteiger partial charge is 0.241 e. The summed E-state index contributed by atoms with van der Waals surface area (Å²) in [5.41, 5.74) is 0.820. The third kappa shape index (κ3) is 3.37. The highest BCUT2D eigenvalue weighted by Gasteiger charge is 2.27. The Morgan fingerprint density at radius 1 is 1.35 bits per heavy atom. The van der Waals surface area contributed by atoms with Gasteiger partial charge in [0.05, 0.1) is 4.90 Å². The second-order valence-corrected chi connectivity index (χ2v) is 6.91. The first-order chi connectivity index (χ1) is 9.44. The molecule has 0 atom stereocenters. The molecular weight excluding hydrogens is 279 g/mol. The van der Waals surface area contributed by atoms with Gasteiger partial charge in [-0.2, -0.15) is 0 Å². The maximum atomic E-state index is 13.9. The number of nitrogens with one attached hydrogen (secondary N) is 2. The molecule has 1 aliphatic carbocycles. The van der Waals surface area contributed by atoms with Crippen molar-refractivity contribution in [1.29, 1.82) is 0 Å². The van der Waals surface area contributed by atoms with Gasteiger partial charge in [-0.05, 0) is 44.0 Å². The van der Waals surface area contributed by atoms with Crippen LogP contribution in [0.3, 0.4) is 0 Å². The van der Waals surface area contributed by atoms with E-state index < -0.39 is 15.8 Å². The molecule has 1 aliphatic rings. The van der Waals surface area contributed by atoms with Crippen molar-refractivity contribution in [2.24, 2.45) is 0 Å². The highest BCUT2D eigenvalue weighted by atomic mass is 32.2. The van der Waals surface area contributed by atoms with Gasteiger partial charge in [-0.1, -0.05) is 13.3 Å². The maximum absolute atomic E-state index is 13.9. The molecule has 0 unspecified atom stereocenters. The fourth-order valence-corrected chi connectivity index (χ4v) is 3.78. The number of benzene rings is 1. The molecule has 0 radical (unpaired) electrons. The van der Waals surface area contributed by atoms with Crippen LogP contribution in [-0.2, 0) is 16.6 Å². The average molecular weight is 300 g/mol. The van der Waals surface area contributed by atoms with Crippen LogP contribution in [0.25, 0.3) is 0 Å². The van der Waals surface area contributed by atoms with Crippen molar-refractivity contribution in [3.8, 4) is 0 Å². The van der Waals surface area contributed by atoms with E-state index >= 15 is 0 Å². The fraction of sp³-hybridized carbons (Fsp3) is 0.571. The van der Waals surface area contributed by atoms with Crippen LogP contribution in [0.5, 0.6) is 0 Å². The summed E-state index contributed by atoms with van der Waals surface area (Å²) in [6.07, 6.45) is 2.76. The van der Waals surface area contributed by atoms with Gasteiger partial charge < -0.3 is 5.32 Å². The third-order valence-corrected chi connectivity index (χ3v) is 5.30. The SMILES string of the molecule is CCNCc1cc(F)c(C)c(S(=O)(=O)NC2CCC2)c1. The number of sulfonamides is 1. The van der Waals surface area contributed by atoms with Crippen molar-refractivity contribution >= 4 is 10.0 Å². The average Bonchev–Trinajstić information content (AvgIpc) is 2.35. The quantitative estimate of drug-likeness (QED) is 0.845. The van der Waals surface area contributed by atoms with Gasteiger partial charge in [-0.15, -0.1) is 0 Å². The lowest BCUT2D eigenvalue weighted by atomic mass is 9.94. The minimum atomic E-state index is -3.64. The molecule has 20 heavy (non-hydrogen) atoms. The second kappa shape index (κ2) is 6.20. The Balaban J connectivity index is 2.30. The van der Waals surface area contributed by atoms with E-state index in [1.54, 1.807) is 6.07 Å². The summed E-state index contributed by atoms with van der Waals surface area (Å²) in [5.74, 6) is -0.477. The van der Waals surface area contributed by atoms with Crippen molar-refractivity contribution in [1.82, 2.24) is 10.0 Å². The van der Waals surface area contributed by atoms with Gasteiger partial charge >= 0.3 is 0 Å². The predicted molar refractivity (Wildman–Crippen MR) is 76.5 cm³/mol. The summed E-state index contributed by atoms with van der Waals surface area (Å²) in [7, 11) is -3.64. The van der Waals surface area contributed by atoms with Gasteiger partial charge in [-0.25, -0.2) is 17.5 Å². The maximum Gasteiger partial charge on any atom is 0.241 e. The normalized spacial score (nSPS) is 16.1. The lowest BCUT2D eigenvalue weighted by molar-refractivity contribution is 0.383. The predicted octanol–water partition coefficient (Wildman–Crippen LogP) is 2.07. The van der Waals surface area contributed by atoms with Gasteiger partial charge in [0.25, 0.3) is 0 Å². The molecule has 1 aromatic carbocycles. The van der Waals surface area contributed by atoms with E-state index in [0.29, 0.717) is 12.1 Å². The highest BCUT2D eigenvalue weighted by molar-refractivity contribution is 7.89. The minimum absolute atomic E-state index is 0.000107. The number of hydrogen-bond acceptors (Lipinski definition) is 3. The van der Waals surface area contributed by atoms with E-state index in [1.165, 1.54) is 13.0 Å². The molecule has 6 heteroatoms. The van der Waals surface area contributed by atoms with E-state index in [4.69, 9.17) is 0 Å². The van der Waals surface area contributed by atoms with Crippen LogP contribution in [0, 0.1) is 12.7 Å². The third-order valence-electron chi connectivity index (χ3n) is 3.65. The highest BCUT2D eigenvalue weighted by Crippen LogP contribution is 2.24. The molecule has 1 fully saturated rings. The van der Waals surface area contributed by atoms with Crippen molar-refractivity contribution in [3.05, 3.63) is 29.1 Å². The molecule has 2 rings (SSSR count). The Morgan fingerprint density at radius 3 is 2.60 bits per heavy atom. The Labute approximate surface area is 119 Å². The van der Waals surface area contributed by atoms with E-state index in [-0.39, 0.29) is 16.5 Å². The lowest BCUT2D eigenvalue weighted by Crippen LogP contribution is -2.39. The van der Waals surface area contributed by atoms with Gasteiger partial charge in [0.1, 0.15) is 5.82 Å². The topological polar surface area (TPSA) is 58.2 Å². The van der Waals surface area contributed by atoms with Crippen molar-refractivity contribution in [2.45, 2.75) is 50.6 Å². The van der Waals surface area contributed by atoms with Crippen molar-refractivity contribution in [2.75, 3.05) is 6.54 Å². The molecule has 0 saturated heterocycles. The van der Waals surface area contributed by atoms with E-state index in [1.807, 2.05) is 6.92 Å². The molecule has 1 aromatic rings. The Kier molecular flexibility index (Phi) is 4.78. The summed E-state index contributed by atoms with van der Waals surface area (Å²) in [6, 6.07) is 2.95. The Bertz CT molecular complexity index is 583. The summed E-state index contributed by atoms with van der Waals surface area (Å²) < 4.78 is 41.2. The van der Waals surface area contributed by atoms with Crippen LogP contribution in [0.2, 0.25) is 0 Å². The first kappa shape index (κ1) is 15.4. The van der Waals surface area contributed by atoms with Crippen LogP contribution >= 0.6 is 0 Å². The van der Waals surface area contributed by atoms with E-state index in [0.717, 1.165) is 25.8 Å². The summed E-state index contributed by atoms with van der Waals surface area (Å²) in [4.78, 5) is 0.0531. The van der Waals surface area contributed by atoms with Crippen LogP contribution in [0.1, 0.15) is 37.3 Å². The monoisotopic (exact) mass is 300 g/mol. The zero-order chi connectivity index (χ0) is 14.8. The number of halogens is 1. The van der Waals surface area contributed by atoms with E-state index in [9.17, 15) is 12.8 Å². The van der Waals surface area contributed by atoms with E-state index in [2.05, 4.69) is 10.0 Å². The number of hydrogen-bond donors (Lipinski definition) is 2. The van der Waals surface area contributed by atoms with Crippen LogP contribution in [0.15, 0.2) is 17.0 Å². The van der Waals surface area contributed by atoms with Gasteiger partial charge in [0, 0.05) is 18.2 Å². The standard InChI is InChI=1S/C14H21FN2O2S/c1-3-16-9-11-7-13(15)10(2)14(8-11)20(18,19)17-12-5-4-6-12/h7-8,12,16-17H,3-6,9H2,1-2H3. The zero-order valence-electron chi connectivity index (χ0n) is 11.9. The molecule has 0 amide bonds. The van der Waals surface area contributed by atoms with Crippen molar-refractivity contribution < 1.29 is 12.8 Å². The molecule has 1 saturated carbocycles. The second-order valence-electron chi connectivity index (χ2n) is 5.23. The van der Waals surface area contributed by atoms with Gasteiger partial charge in [0.15, 0.2) is 0 Å². The molecule has 0 heterocycles. The molecule has 4 nitrogen and oxygen atoms in total. The van der Waals surface area contributed by atoms with Crippen LogP contribution in [0.4, 0.5) is 4.39 Å². The summed E-state index contributed by atoms with van der Waals surface area (Å²) in [5, 5.41) is 3.07. The Hall–Kier alpha value is -0.980. The van der Waals surface area contributed by atoms with Gasteiger partial charge in [-0.3, -0.25) is 0 Å². The van der Waals surface area contributed by atoms with Crippen molar-refractivity contribution in [3.63, 3.8) is 0 Å². The molecule has 112 valence electrons. The van der Waals surface area contributed by atoms with Crippen LogP contribution < -0.4 is 10.0 Å². The fourth-order valence-electron chi connectivity index (χ4n) is 2.17.